The second kappa shape index (κ2) is 7.04. The van der Waals surface area contributed by atoms with Gasteiger partial charge in [-0.2, -0.15) is 0 Å². The molecule has 0 amide bonds. The Hall–Kier alpha value is -1.02. The molecule has 0 aliphatic rings. The molecule has 22 heavy (non-hydrogen) atoms. The fraction of sp³-hybridized carbons (Fsp3) is 0.429. The van der Waals surface area contributed by atoms with E-state index in [0.717, 1.165) is 10.7 Å². The van der Waals surface area contributed by atoms with Crippen molar-refractivity contribution < 1.29 is 8.42 Å². The fourth-order valence-electron chi connectivity index (χ4n) is 1.98. The average molecular weight is 360 g/mol. The van der Waals surface area contributed by atoms with Gasteiger partial charge in [-0.25, -0.2) is 23.1 Å². The molecule has 0 radical (unpaired) electrons. The summed E-state index contributed by atoms with van der Waals surface area (Å²) in [4.78, 5) is 8.33. The summed E-state index contributed by atoms with van der Waals surface area (Å²) in [5.41, 5.74) is 0.890. The van der Waals surface area contributed by atoms with E-state index in [1.807, 2.05) is 26.2 Å². The van der Waals surface area contributed by atoms with Crippen LogP contribution in [-0.4, -0.2) is 18.4 Å². The first-order valence-electron chi connectivity index (χ1n) is 6.84. The van der Waals surface area contributed by atoms with Gasteiger partial charge < -0.3 is 0 Å². The molecule has 5 nitrogen and oxygen atoms in total. The van der Waals surface area contributed by atoms with Crippen LogP contribution in [0, 0.1) is 12.8 Å². The lowest BCUT2D eigenvalue weighted by Gasteiger charge is -2.18. The molecule has 2 aromatic rings. The number of nitrogens with one attached hydrogen (secondary N) is 1. The number of nitrogens with zero attached hydrogens (tertiary/aromatic N) is 2. The molecule has 0 bridgehead atoms. The normalized spacial score (nSPS) is 13.5. The Labute approximate surface area is 139 Å². The summed E-state index contributed by atoms with van der Waals surface area (Å²) in [6.45, 7) is 5.99. The second-order valence-corrected chi connectivity index (χ2v) is 8.44. The second-order valence-electron chi connectivity index (χ2n) is 5.45. The van der Waals surface area contributed by atoms with Gasteiger partial charge in [0.05, 0.1) is 6.04 Å². The van der Waals surface area contributed by atoms with E-state index in [4.69, 9.17) is 11.6 Å². The Morgan fingerprint density at radius 2 is 2.09 bits per heavy atom. The molecule has 0 saturated heterocycles. The first-order valence-corrected chi connectivity index (χ1v) is 9.58. The minimum absolute atomic E-state index is 0.0962. The molecule has 0 fully saturated rings. The quantitative estimate of drug-likeness (QED) is 0.800. The number of hydrogen-bond donors (Lipinski definition) is 1. The van der Waals surface area contributed by atoms with Gasteiger partial charge in [-0.15, -0.1) is 11.3 Å². The van der Waals surface area contributed by atoms with E-state index in [0.29, 0.717) is 12.3 Å². The summed E-state index contributed by atoms with van der Waals surface area (Å²) < 4.78 is 27.7. The Balaban J connectivity index is 2.27. The van der Waals surface area contributed by atoms with Gasteiger partial charge in [0.15, 0.2) is 0 Å². The minimum Gasteiger partial charge on any atom is -0.245 e. The first-order chi connectivity index (χ1) is 10.3. The van der Waals surface area contributed by atoms with E-state index >= 15 is 0 Å². The number of pyridine rings is 1. The highest BCUT2D eigenvalue weighted by Crippen LogP contribution is 2.26. The third-order valence-electron chi connectivity index (χ3n) is 2.95. The standard InChI is InChI=1S/C14H18ClN3O2S2/c1-9(2)6-12(14-17-10(3)8-21-14)18-22(19,20)11-4-5-13(15)16-7-11/h4-5,7-9,12,18H,6H2,1-3H3. The van der Waals surface area contributed by atoms with Gasteiger partial charge in [0.2, 0.25) is 10.0 Å². The zero-order valence-corrected chi connectivity index (χ0v) is 15.0. The highest BCUT2D eigenvalue weighted by Gasteiger charge is 2.24. The van der Waals surface area contributed by atoms with Gasteiger partial charge in [0, 0.05) is 17.3 Å². The lowest BCUT2D eigenvalue weighted by Crippen LogP contribution is -2.29. The van der Waals surface area contributed by atoms with E-state index in [2.05, 4.69) is 14.7 Å². The van der Waals surface area contributed by atoms with Crippen molar-refractivity contribution in [3.8, 4) is 0 Å². The SMILES string of the molecule is Cc1csc(C(CC(C)C)NS(=O)(=O)c2ccc(Cl)nc2)n1. The van der Waals surface area contributed by atoms with Gasteiger partial charge in [0.25, 0.3) is 0 Å². The van der Waals surface area contributed by atoms with Crippen LogP contribution in [0.1, 0.15) is 37.0 Å². The van der Waals surface area contributed by atoms with Crippen LogP contribution in [0.4, 0.5) is 0 Å². The Bertz CT molecular complexity index is 727. The lowest BCUT2D eigenvalue weighted by atomic mass is 10.1. The van der Waals surface area contributed by atoms with E-state index in [1.54, 1.807) is 0 Å². The molecule has 120 valence electrons. The maximum absolute atomic E-state index is 12.5. The van der Waals surface area contributed by atoms with Crippen molar-refractivity contribution in [3.05, 3.63) is 39.6 Å². The summed E-state index contributed by atoms with van der Waals surface area (Å²) in [5.74, 6) is 0.334. The highest BCUT2D eigenvalue weighted by molar-refractivity contribution is 7.89. The summed E-state index contributed by atoms with van der Waals surface area (Å²) in [5, 5.41) is 2.95. The summed E-state index contributed by atoms with van der Waals surface area (Å²) >= 11 is 7.16. The van der Waals surface area contributed by atoms with Gasteiger partial charge >= 0.3 is 0 Å². The Kier molecular flexibility index (Phi) is 5.55. The molecule has 0 aliphatic carbocycles. The topological polar surface area (TPSA) is 72.0 Å². The Morgan fingerprint density at radius 3 is 2.59 bits per heavy atom. The lowest BCUT2D eigenvalue weighted by molar-refractivity contribution is 0.470. The monoisotopic (exact) mass is 359 g/mol. The third-order valence-corrected chi connectivity index (χ3v) is 5.71. The van der Waals surface area contributed by atoms with Gasteiger partial charge in [0.1, 0.15) is 15.1 Å². The van der Waals surface area contributed by atoms with Crippen molar-refractivity contribution in [2.24, 2.45) is 5.92 Å². The van der Waals surface area contributed by atoms with Crippen LogP contribution in [0.2, 0.25) is 5.15 Å². The molecule has 1 N–H and O–H groups in total. The summed E-state index contributed by atoms with van der Waals surface area (Å²) in [6.07, 6.45) is 1.93. The fourth-order valence-corrected chi connectivity index (χ4v) is 4.18. The molecular formula is C14H18ClN3O2S2. The van der Waals surface area contributed by atoms with Crippen molar-refractivity contribution in [2.45, 2.75) is 38.1 Å². The van der Waals surface area contributed by atoms with E-state index in [1.165, 1.54) is 29.7 Å². The zero-order valence-electron chi connectivity index (χ0n) is 12.6. The van der Waals surface area contributed by atoms with Gasteiger partial charge in [-0.3, -0.25) is 0 Å². The molecule has 8 heteroatoms. The summed E-state index contributed by atoms with van der Waals surface area (Å²) in [7, 11) is -3.67. The van der Waals surface area contributed by atoms with Crippen LogP contribution in [0.5, 0.6) is 0 Å². The average Bonchev–Trinajstić information content (AvgIpc) is 2.84. The molecule has 2 aromatic heterocycles. The largest absolute Gasteiger partial charge is 0.245 e. The van der Waals surface area contributed by atoms with Gasteiger partial charge in [-0.1, -0.05) is 25.4 Å². The number of thiazole rings is 1. The maximum atomic E-state index is 12.5. The minimum atomic E-state index is -3.67. The molecule has 0 spiro atoms. The number of aryl methyl sites for hydroxylation is 1. The molecule has 0 saturated carbocycles. The van der Waals surface area contributed by atoms with E-state index < -0.39 is 10.0 Å². The first kappa shape index (κ1) is 17.3. The third kappa shape index (κ3) is 4.49. The molecule has 2 rings (SSSR count). The molecule has 0 aromatic carbocycles. The van der Waals surface area contributed by atoms with Crippen LogP contribution in [0.25, 0.3) is 0 Å². The van der Waals surface area contributed by atoms with Crippen LogP contribution in [0.15, 0.2) is 28.6 Å². The van der Waals surface area contributed by atoms with E-state index in [9.17, 15) is 8.42 Å². The smallest absolute Gasteiger partial charge is 0.242 e. The predicted molar refractivity (Wildman–Crippen MR) is 88.6 cm³/mol. The van der Waals surface area contributed by atoms with Crippen LogP contribution < -0.4 is 4.72 Å². The zero-order chi connectivity index (χ0) is 16.3. The van der Waals surface area contributed by atoms with Gasteiger partial charge in [-0.05, 0) is 31.4 Å². The molecular weight excluding hydrogens is 342 g/mol. The number of sulfonamides is 1. The van der Waals surface area contributed by atoms with Crippen molar-refractivity contribution in [3.63, 3.8) is 0 Å². The molecule has 1 unspecified atom stereocenters. The number of hydrogen-bond acceptors (Lipinski definition) is 5. The van der Waals surface area contributed by atoms with Crippen molar-refractivity contribution in [1.29, 1.82) is 0 Å². The van der Waals surface area contributed by atoms with Crippen LogP contribution in [-0.2, 0) is 10.0 Å². The van der Waals surface area contributed by atoms with Crippen LogP contribution >= 0.6 is 22.9 Å². The van der Waals surface area contributed by atoms with Crippen molar-refractivity contribution >= 4 is 33.0 Å². The maximum Gasteiger partial charge on any atom is 0.242 e. The molecule has 2 heterocycles. The molecule has 1 atom stereocenters. The summed E-state index contributed by atoms with van der Waals surface area (Å²) in [6, 6.07) is 2.55. The number of halogens is 1. The van der Waals surface area contributed by atoms with Crippen molar-refractivity contribution in [2.75, 3.05) is 0 Å². The predicted octanol–water partition coefficient (Wildman–Crippen LogP) is 3.57. The Morgan fingerprint density at radius 1 is 1.36 bits per heavy atom. The highest BCUT2D eigenvalue weighted by atomic mass is 35.5. The molecule has 0 aliphatic heterocycles. The number of rotatable bonds is 6. The number of aromatic nitrogens is 2. The van der Waals surface area contributed by atoms with Crippen LogP contribution in [0.3, 0.4) is 0 Å². The van der Waals surface area contributed by atoms with Crippen molar-refractivity contribution in [1.82, 2.24) is 14.7 Å². The van der Waals surface area contributed by atoms with E-state index in [-0.39, 0.29) is 16.1 Å².